The van der Waals surface area contributed by atoms with Crippen molar-refractivity contribution >= 4 is 49.1 Å². The third-order valence-corrected chi connectivity index (χ3v) is 9.58. The Balaban J connectivity index is 0.000000191. The predicted molar refractivity (Wildman–Crippen MR) is 200 cm³/mol. The molecule has 0 aliphatic carbocycles. The predicted octanol–water partition coefficient (Wildman–Crippen LogP) is 10.1. The second-order valence-electron chi connectivity index (χ2n) is 12.7. The fraction of sp³-hybridized carbons (Fsp3) is 0.0667. The van der Waals surface area contributed by atoms with Gasteiger partial charge in [-0.3, -0.25) is 4.57 Å². The van der Waals surface area contributed by atoms with Crippen molar-refractivity contribution in [3.8, 4) is 22.6 Å². The molecule has 0 fully saturated rings. The fourth-order valence-electron chi connectivity index (χ4n) is 7.00. The molecule has 0 amide bonds. The van der Waals surface area contributed by atoms with E-state index in [-0.39, 0.29) is 20.1 Å². The molecule has 0 saturated heterocycles. The van der Waals surface area contributed by atoms with Crippen molar-refractivity contribution in [1.82, 2.24) is 14.0 Å². The van der Waals surface area contributed by atoms with Gasteiger partial charge in [0.05, 0.1) is 22.2 Å². The van der Waals surface area contributed by atoms with Gasteiger partial charge in [0, 0.05) is 22.5 Å². The number of rotatable bonds is 3. The van der Waals surface area contributed by atoms with E-state index in [0.29, 0.717) is 0 Å². The van der Waals surface area contributed by atoms with Crippen LogP contribution in [-0.4, -0.2) is 14.0 Å². The van der Waals surface area contributed by atoms with Crippen LogP contribution >= 0.6 is 0 Å². The molecule has 4 aromatic heterocycles. The van der Waals surface area contributed by atoms with Crippen LogP contribution in [0.2, 0.25) is 0 Å². The van der Waals surface area contributed by atoms with Crippen molar-refractivity contribution in [2.75, 3.05) is 0 Å². The smallest absolute Gasteiger partial charge is 0.333 e. The van der Waals surface area contributed by atoms with Gasteiger partial charge in [-0.2, -0.15) is 12.1 Å². The SMILES string of the molecule is Cc1c[c-]c(-c2cc(C)c(C)cn2)cc1.[Ir+3].[c-]1ccc2c(c1-n1[c-][n+](-c3ccccc3)c3ccccc31)c1cccc3c4ccccc4n2c31. The summed E-state index contributed by atoms with van der Waals surface area (Å²) in [4.78, 5) is 4.41. The summed E-state index contributed by atoms with van der Waals surface area (Å²) in [6.45, 7) is 6.24. The van der Waals surface area contributed by atoms with Crippen molar-refractivity contribution in [2.24, 2.45) is 0 Å². The van der Waals surface area contributed by atoms with Crippen LogP contribution in [0.15, 0.2) is 140 Å². The first-order chi connectivity index (χ1) is 24.1. The standard InChI is InChI=1S/C31H18N3.C14H14N.Ir/c1-2-10-21(11-3-1)32-20-33(27-17-7-6-16-26(27)32)28-18-9-19-29-30(28)24-14-8-13-23-22-12-4-5-15-25(22)34(29)31(23)24;1-10-4-6-13(7-5-10)14-8-11(2)12(3)9-15-14;/h1-17,19H;4-6,8-9H,1-3H3;/q2*-1;+3. The van der Waals surface area contributed by atoms with Gasteiger partial charge in [0.1, 0.15) is 0 Å². The number of hydrogen-bond acceptors (Lipinski definition) is 1. The Kier molecular flexibility index (Phi) is 8.03. The molecule has 4 nitrogen and oxygen atoms in total. The number of nitrogens with zero attached hydrogens (tertiary/aromatic N) is 4. The Bertz CT molecular complexity index is 2790. The van der Waals surface area contributed by atoms with Gasteiger partial charge in [-0.15, -0.1) is 41.5 Å². The fourth-order valence-corrected chi connectivity index (χ4v) is 7.00. The molecule has 0 radical (unpaired) electrons. The second-order valence-corrected chi connectivity index (χ2v) is 12.7. The van der Waals surface area contributed by atoms with Gasteiger partial charge in [0.2, 0.25) is 0 Å². The van der Waals surface area contributed by atoms with Crippen molar-refractivity contribution in [1.29, 1.82) is 0 Å². The zero-order valence-corrected chi connectivity index (χ0v) is 30.3. The number of fused-ring (bicyclic) bond motifs is 7. The van der Waals surface area contributed by atoms with Crippen LogP contribution in [0.5, 0.6) is 0 Å². The van der Waals surface area contributed by atoms with Crippen molar-refractivity contribution in [2.45, 2.75) is 20.8 Å². The summed E-state index contributed by atoms with van der Waals surface area (Å²) in [6, 6.07) is 53.4. The molecule has 10 rings (SSSR count). The Hall–Kier alpha value is -5.61. The molecule has 6 aromatic carbocycles. The number of hydrogen-bond donors (Lipinski definition) is 0. The first kappa shape index (κ1) is 31.6. The van der Waals surface area contributed by atoms with Gasteiger partial charge in [-0.1, -0.05) is 114 Å². The topological polar surface area (TPSA) is 26.1 Å². The summed E-state index contributed by atoms with van der Waals surface area (Å²) in [6.07, 6.45) is 5.55. The molecule has 10 aromatic rings. The average Bonchev–Trinajstić information content (AvgIpc) is 3.82. The zero-order valence-electron chi connectivity index (χ0n) is 27.9. The molecule has 0 aliphatic heterocycles. The van der Waals surface area contributed by atoms with Gasteiger partial charge in [-0.25, -0.2) is 0 Å². The minimum Gasteiger partial charge on any atom is -0.333 e. The monoisotopic (exact) mass is 821 g/mol. The largest absolute Gasteiger partial charge is 3.00 e. The molecule has 0 bridgehead atoms. The molecule has 0 atom stereocenters. The molecule has 50 heavy (non-hydrogen) atoms. The van der Waals surface area contributed by atoms with Crippen molar-refractivity contribution in [3.05, 3.63) is 175 Å². The minimum absolute atomic E-state index is 0. The molecule has 0 spiro atoms. The summed E-state index contributed by atoms with van der Waals surface area (Å²) in [7, 11) is 0. The summed E-state index contributed by atoms with van der Waals surface area (Å²) in [5.74, 6) is 0. The maximum absolute atomic E-state index is 4.41. The number of imidazole rings is 1. The third kappa shape index (κ3) is 5.09. The Morgan fingerprint density at radius 3 is 2.18 bits per heavy atom. The van der Waals surface area contributed by atoms with E-state index in [4.69, 9.17) is 0 Å². The molecular formula is C45H32IrN4+. The van der Waals surface area contributed by atoms with Crippen molar-refractivity contribution < 1.29 is 24.7 Å². The second kappa shape index (κ2) is 12.7. The summed E-state index contributed by atoms with van der Waals surface area (Å²) >= 11 is 0. The number of aromatic nitrogens is 4. The van der Waals surface area contributed by atoms with Crippen LogP contribution in [-0.2, 0) is 20.1 Å². The molecule has 5 heteroatoms. The van der Waals surface area contributed by atoms with E-state index in [1.165, 1.54) is 54.8 Å². The Morgan fingerprint density at radius 2 is 1.38 bits per heavy atom. The molecular weight excluding hydrogens is 789 g/mol. The Labute approximate surface area is 304 Å². The molecule has 240 valence electrons. The molecule has 0 saturated carbocycles. The quantitative estimate of drug-likeness (QED) is 0.129. The third-order valence-electron chi connectivity index (χ3n) is 9.58. The van der Waals surface area contributed by atoms with E-state index in [2.05, 4.69) is 173 Å². The van der Waals surface area contributed by atoms with Crippen LogP contribution in [0.1, 0.15) is 16.7 Å². The van der Waals surface area contributed by atoms with Crippen LogP contribution in [0, 0.1) is 39.2 Å². The van der Waals surface area contributed by atoms with E-state index < -0.39 is 0 Å². The van der Waals surface area contributed by atoms with Crippen LogP contribution < -0.4 is 4.57 Å². The summed E-state index contributed by atoms with van der Waals surface area (Å²) < 4.78 is 6.70. The van der Waals surface area contributed by atoms with Gasteiger partial charge >= 0.3 is 20.1 Å². The van der Waals surface area contributed by atoms with Gasteiger partial charge in [0.25, 0.3) is 6.33 Å². The van der Waals surface area contributed by atoms with Gasteiger partial charge < -0.3 is 14.0 Å². The number of pyridine rings is 1. The molecule has 4 heterocycles. The van der Waals surface area contributed by atoms with E-state index in [1.807, 2.05) is 24.4 Å². The van der Waals surface area contributed by atoms with Crippen LogP contribution in [0.4, 0.5) is 0 Å². The maximum Gasteiger partial charge on any atom is 3.00 e. The molecule has 0 aliphatic rings. The number of aryl methyl sites for hydroxylation is 3. The summed E-state index contributed by atoms with van der Waals surface area (Å²) in [5.41, 5.74) is 13.8. The van der Waals surface area contributed by atoms with Crippen LogP contribution in [0.25, 0.3) is 71.8 Å². The summed E-state index contributed by atoms with van der Waals surface area (Å²) in [5, 5.41) is 5.02. The van der Waals surface area contributed by atoms with Gasteiger partial charge in [0.15, 0.2) is 0 Å². The minimum atomic E-state index is 0. The van der Waals surface area contributed by atoms with Crippen molar-refractivity contribution in [3.63, 3.8) is 0 Å². The van der Waals surface area contributed by atoms with Gasteiger partial charge in [-0.05, 0) is 49.0 Å². The van der Waals surface area contributed by atoms with E-state index in [0.717, 1.165) is 33.7 Å². The first-order valence-electron chi connectivity index (χ1n) is 16.6. The van der Waals surface area contributed by atoms with Crippen LogP contribution in [0.3, 0.4) is 0 Å². The number of benzene rings is 6. The normalized spacial score (nSPS) is 11.3. The average molecular weight is 821 g/mol. The zero-order chi connectivity index (χ0) is 33.1. The molecule has 0 unspecified atom stereocenters. The maximum atomic E-state index is 4.41. The van der Waals surface area contributed by atoms with E-state index >= 15 is 0 Å². The number of para-hydroxylation sites is 5. The first-order valence-corrected chi connectivity index (χ1v) is 16.6. The van der Waals surface area contributed by atoms with E-state index in [1.54, 1.807) is 0 Å². The van der Waals surface area contributed by atoms with E-state index in [9.17, 15) is 0 Å². The molecule has 0 N–H and O–H groups in total. The Morgan fingerprint density at radius 1 is 0.640 bits per heavy atom.